The molecule has 21 heavy (non-hydrogen) atoms. The number of methoxy groups -OCH3 is 1. The summed E-state index contributed by atoms with van der Waals surface area (Å²) >= 11 is 0. The topological polar surface area (TPSA) is 49.2 Å². The Kier molecular flexibility index (Phi) is 2.64. The molecule has 0 saturated carbocycles. The number of hydrogen-bond acceptors (Lipinski definition) is 4. The van der Waals surface area contributed by atoms with Crippen LogP contribution in [0.3, 0.4) is 0 Å². The minimum absolute atomic E-state index is 0.431. The number of fused-ring (bicyclic) bond motifs is 3. The van der Waals surface area contributed by atoms with Gasteiger partial charge >= 0.3 is 0 Å². The van der Waals surface area contributed by atoms with E-state index in [-0.39, 0.29) is 0 Å². The lowest BCUT2D eigenvalue weighted by Gasteiger charge is -2.19. The first-order valence-corrected chi connectivity index (χ1v) is 6.68. The van der Waals surface area contributed by atoms with Gasteiger partial charge in [0.05, 0.1) is 12.8 Å². The van der Waals surface area contributed by atoms with E-state index in [9.17, 15) is 0 Å². The summed E-state index contributed by atoms with van der Waals surface area (Å²) < 4.78 is 12.9. The van der Waals surface area contributed by atoms with Gasteiger partial charge in [0.25, 0.3) is 0 Å². The summed E-state index contributed by atoms with van der Waals surface area (Å²) in [5.74, 6) is 3.28. The van der Waals surface area contributed by atoms with Crippen molar-refractivity contribution in [2.75, 3.05) is 7.11 Å². The maximum Gasteiger partial charge on any atom is 0.176 e. The van der Waals surface area contributed by atoms with E-state index in [1.807, 2.05) is 53.1 Å². The van der Waals surface area contributed by atoms with Gasteiger partial charge in [0.2, 0.25) is 0 Å². The highest BCUT2D eigenvalue weighted by atomic mass is 16.5. The molecular weight excluding hydrogens is 266 g/mol. The van der Waals surface area contributed by atoms with Gasteiger partial charge in [-0.25, -0.2) is 0 Å². The Balaban J connectivity index is 1.88. The first kappa shape index (κ1) is 12.0. The van der Waals surface area contributed by atoms with E-state index in [1.165, 1.54) is 0 Å². The van der Waals surface area contributed by atoms with E-state index >= 15 is 0 Å². The van der Waals surface area contributed by atoms with Crippen molar-refractivity contribution in [1.82, 2.24) is 14.8 Å². The molecule has 0 unspecified atom stereocenters. The highest BCUT2D eigenvalue weighted by molar-refractivity contribution is 5.62. The van der Waals surface area contributed by atoms with Crippen LogP contribution in [0.4, 0.5) is 0 Å². The van der Waals surface area contributed by atoms with E-state index in [0.29, 0.717) is 6.61 Å². The standard InChI is InChI=1S/C16H13N3O2/c1-20-12-8-6-11(7-9-12)16-18-17-15-10-21-14-5-3-2-4-13(14)19(15)16/h2-9H,10H2,1H3. The van der Waals surface area contributed by atoms with Gasteiger partial charge in [0, 0.05) is 5.56 Å². The van der Waals surface area contributed by atoms with Crippen LogP contribution in [0.2, 0.25) is 0 Å². The monoisotopic (exact) mass is 279 g/mol. The Morgan fingerprint density at radius 3 is 2.67 bits per heavy atom. The smallest absolute Gasteiger partial charge is 0.176 e. The van der Waals surface area contributed by atoms with E-state index in [2.05, 4.69) is 10.2 Å². The summed E-state index contributed by atoms with van der Waals surface area (Å²) in [6, 6.07) is 15.7. The number of aromatic nitrogens is 3. The summed E-state index contributed by atoms with van der Waals surface area (Å²) in [7, 11) is 1.65. The second-order valence-electron chi connectivity index (χ2n) is 4.76. The van der Waals surface area contributed by atoms with E-state index in [1.54, 1.807) is 7.11 Å². The van der Waals surface area contributed by atoms with Crippen molar-refractivity contribution in [3.8, 4) is 28.6 Å². The second kappa shape index (κ2) is 4.63. The average molecular weight is 279 g/mol. The van der Waals surface area contributed by atoms with Gasteiger partial charge in [0.1, 0.15) is 18.1 Å². The largest absolute Gasteiger partial charge is 0.497 e. The van der Waals surface area contributed by atoms with Crippen molar-refractivity contribution in [2.24, 2.45) is 0 Å². The summed E-state index contributed by atoms with van der Waals surface area (Å²) in [4.78, 5) is 0. The van der Waals surface area contributed by atoms with Crippen LogP contribution in [0.25, 0.3) is 17.1 Å². The molecule has 2 aromatic carbocycles. The first-order chi connectivity index (χ1) is 10.4. The molecule has 0 bridgehead atoms. The molecule has 4 rings (SSSR count). The van der Waals surface area contributed by atoms with Gasteiger partial charge < -0.3 is 9.47 Å². The second-order valence-corrected chi connectivity index (χ2v) is 4.76. The molecule has 2 heterocycles. The molecule has 3 aromatic rings. The molecule has 1 aromatic heterocycles. The molecule has 0 saturated heterocycles. The molecule has 0 aliphatic carbocycles. The number of nitrogens with zero attached hydrogens (tertiary/aromatic N) is 3. The Hall–Kier alpha value is -2.82. The number of rotatable bonds is 2. The number of para-hydroxylation sites is 2. The van der Waals surface area contributed by atoms with Crippen LogP contribution in [-0.4, -0.2) is 21.9 Å². The highest BCUT2D eigenvalue weighted by Crippen LogP contribution is 2.33. The normalized spacial score (nSPS) is 12.2. The van der Waals surface area contributed by atoms with Crippen LogP contribution in [0.1, 0.15) is 5.82 Å². The van der Waals surface area contributed by atoms with Gasteiger partial charge in [0.15, 0.2) is 11.6 Å². The Labute approximate surface area is 121 Å². The van der Waals surface area contributed by atoms with Crippen molar-refractivity contribution >= 4 is 0 Å². The lowest BCUT2D eigenvalue weighted by molar-refractivity contribution is 0.279. The molecule has 5 heteroatoms. The van der Waals surface area contributed by atoms with Gasteiger partial charge in [-0.2, -0.15) is 0 Å². The van der Waals surface area contributed by atoms with Crippen molar-refractivity contribution in [3.63, 3.8) is 0 Å². The predicted octanol–water partition coefficient (Wildman–Crippen LogP) is 2.84. The van der Waals surface area contributed by atoms with Crippen LogP contribution in [0, 0.1) is 0 Å². The minimum atomic E-state index is 0.431. The van der Waals surface area contributed by atoms with Crippen molar-refractivity contribution < 1.29 is 9.47 Å². The quantitative estimate of drug-likeness (QED) is 0.723. The van der Waals surface area contributed by atoms with Gasteiger partial charge in [-0.3, -0.25) is 4.57 Å². The van der Waals surface area contributed by atoms with Crippen LogP contribution in [-0.2, 0) is 6.61 Å². The van der Waals surface area contributed by atoms with Crippen LogP contribution < -0.4 is 9.47 Å². The number of hydrogen-bond donors (Lipinski definition) is 0. The Morgan fingerprint density at radius 1 is 1.05 bits per heavy atom. The molecule has 0 atom stereocenters. The zero-order chi connectivity index (χ0) is 14.2. The molecule has 104 valence electrons. The predicted molar refractivity (Wildman–Crippen MR) is 77.7 cm³/mol. The molecule has 0 radical (unpaired) electrons. The summed E-state index contributed by atoms with van der Waals surface area (Å²) in [6.07, 6.45) is 0. The van der Waals surface area contributed by atoms with Crippen LogP contribution in [0.5, 0.6) is 11.5 Å². The summed E-state index contributed by atoms with van der Waals surface area (Å²) in [6.45, 7) is 0.431. The van der Waals surface area contributed by atoms with E-state index in [0.717, 1.165) is 34.4 Å². The fourth-order valence-electron chi connectivity index (χ4n) is 2.50. The lowest BCUT2D eigenvalue weighted by atomic mass is 10.2. The lowest BCUT2D eigenvalue weighted by Crippen LogP contribution is -2.13. The zero-order valence-electron chi connectivity index (χ0n) is 11.5. The molecular formula is C16H13N3O2. The SMILES string of the molecule is COc1ccc(-c2nnc3n2-c2ccccc2OC3)cc1. The van der Waals surface area contributed by atoms with Crippen molar-refractivity contribution in [1.29, 1.82) is 0 Å². The highest BCUT2D eigenvalue weighted by Gasteiger charge is 2.22. The van der Waals surface area contributed by atoms with Gasteiger partial charge in [-0.15, -0.1) is 10.2 Å². The summed E-state index contributed by atoms with van der Waals surface area (Å²) in [5.41, 5.74) is 1.96. The first-order valence-electron chi connectivity index (χ1n) is 6.68. The van der Waals surface area contributed by atoms with Gasteiger partial charge in [-0.1, -0.05) is 12.1 Å². The molecule has 1 aliphatic heterocycles. The van der Waals surface area contributed by atoms with Crippen molar-refractivity contribution in [3.05, 3.63) is 54.4 Å². The Morgan fingerprint density at radius 2 is 1.86 bits per heavy atom. The maximum atomic E-state index is 5.69. The molecule has 0 fully saturated rings. The van der Waals surface area contributed by atoms with Gasteiger partial charge in [-0.05, 0) is 36.4 Å². The molecule has 0 spiro atoms. The average Bonchev–Trinajstić information content (AvgIpc) is 2.99. The molecule has 5 nitrogen and oxygen atoms in total. The fourth-order valence-corrected chi connectivity index (χ4v) is 2.50. The third-order valence-corrected chi connectivity index (χ3v) is 3.54. The third kappa shape index (κ3) is 1.86. The zero-order valence-corrected chi connectivity index (χ0v) is 11.5. The third-order valence-electron chi connectivity index (χ3n) is 3.54. The van der Waals surface area contributed by atoms with E-state index in [4.69, 9.17) is 9.47 Å². The summed E-state index contributed by atoms with van der Waals surface area (Å²) in [5, 5.41) is 8.55. The van der Waals surface area contributed by atoms with Crippen molar-refractivity contribution in [2.45, 2.75) is 6.61 Å². The maximum absolute atomic E-state index is 5.69. The van der Waals surface area contributed by atoms with Crippen LogP contribution in [0.15, 0.2) is 48.5 Å². The molecule has 0 amide bonds. The minimum Gasteiger partial charge on any atom is -0.497 e. The van der Waals surface area contributed by atoms with Crippen LogP contribution >= 0.6 is 0 Å². The number of ether oxygens (including phenoxy) is 2. The van der Waals surface area contributed by atoms with E-state index < -0.39 is 0 Å². The fraction of sp³-hybridized carbons (Fsp3) is 0.125. The number of benzene rings is 2. The Bertz CT molecular complexity index is 794. The molecule has 0 N–H and O–H groups in total. The molecule has 1 aliphatic rings.